The first-order valence-electron chi connectivity index (χ1n) is 8.01. The molecule has 5 nitrogen and oxygen atoms in total. The zero-order valence-electron chi connectivity index (χ0n) is 14.0. The third-order valence-corrected chi connectivity index (χ3v) is 3.61. The molecule has 0 fully saturated rings. The highest BCUT2D eigenvalue weighted by Crippen LogP contribution is 2.29. The van der Waals surface area contributed by atoms with Crippen LogP contribution in [-0.4, -0.2) is 15.9 Å². The second-order valence-electron chi connectivity index (χ2n) is 5.63. The summed E-state index contributed by atoms with van der Waals surface area (Å²) in [6, 6.07) is 15.0. The number of nitrogens with zero attached hydrogens (tertiary/aromatic N) is 2. The lowest BCUT2D eigenvalue weighted by molar-refractivity contribution is -0.137. The molecule has 27 heavy (non-hydrogen) atoms. The van der Waals surface area contributed by atoms with Crippen LogP contribution >= 0.6 is 0 Å². The minimum atomic E-state index is -4.42. The van der Waals surface area contributed by atoms with Crippen LogP contribution in [0.3, 0.4) is 0 Å². The van der Waals surface area contributed by atoms with Crippen LogP contribution in [0.15, 0.2) is 66.9 Å². The van der Waals surface area contributed by atoms with Crippen molar-refractivity contribution >= 4 is 17.5 Å². The van der Waals surface area contributed by atoms with E-state index in [-0.39, 0.29) is 12.2 Å². The molecule has 3 aromatic rings. The Bertz CT molecular complexity index is 929. The molecule has 1 aromatic carbocycles. The molecule has 2 N–H and O–H groups in total. The topological polar surface area (TPSA) is 66.9 Å². The predicted octanol–water partition coefficient (Wildman–Crippen LogP) is 4.17. The van der Waals surface area contributed by atoms with Crippen molar-refractivity contribution in [2.24, 2.45) is 0 Å². The lowest BCUT2D eigenvalue weighted by atomic mass is 10.1. The van der Waals surface area contributed by atoms with Crippen LogP contribution in [0.1, 0.15) is 21.6 Å². The molecule has 0 aliphatic carbocycles. The molecule has 8 heteroatoms. The molecule has 0 aliphatic rings. The largest absolute Gasteiger partial charge is 0.416 e. The first-order valence-corrected chi connectivity index (χ1v) is 8.01. The Morgan fingerprint density at radius 3 is 2.48 bits per heavy atom. The van der Waals surface area contributed by atoms with Crippen molar-refractivity contribution in [1.29, 1.82) is 0 Å². The van der Waals surface area contributed by atoms with Crippen molar-refractivity contribution in [2.75, 3.05) is 5.32 Å². The smallest absolute Gasteiger partial charge is 0.347 e. The van der Waals surface area contributed by atoms with Gasteiger partial charge in [-0.05, 0) is 42.0 Å². The van der Waals surface area contributed by atoms with Gasteiger partial charge in [-0.1, -0.05) is 24.3 Å². The molecule has 0 saturated carbocycles. The molecule has 0 bridgehead atoms. The monoisotopic (exact) mass is 372 g/mol. The number of hydrogen-bond acceptors (Lipinski definition) is 4. The average Bonchev–Trinajstić information content (AvgIpc) is 2.67. The summed E-state index contributed by atoms with van der Waals surface area (Å²) in [5.41, 5.74) is -0.266. The third-order valence-electron chi connectivity index (χ3n) is 3.61. The molecule has 0 radical (unpaired) electrons. The first kappa shape index (κ1) is 18.4. The Morgan fingerprint density at radius 2 is 1.74 bits per heavy atom. The number of rotatable bonds is 5. The molecule has 2 aromatic heterocycles. The summed E-state index contributed by atoms with van der Waals surface area (Å²) in [7, 11) is 0. The Balaban J connectivity index is 1.66. The molecule has 0 spiro atoms. The predicted molar refractivity (Wildman–Crippen MR) is 94.4 cm³/mol. The molecular formula is C19H15F3N4O. The van der Waals surface area contributed by atoms with Gasteiger partial charge >= 0.3 is 6.18 Å². The fourth-order valence-corrected chi connectivity index (χ4v) is 2.33. The van der Waals surface area contributed by atoms with Gasteiger partial charge in [0, 0.05) is 12.7 Å². The van der Waals surface area contributed by atoms with E-state index < -0.39 is 17.6 Å². The fraction of sp³-hybridized carbons (Fsp3) is 0.105. The molecule has 1 amide bonds. The zero-order valence-corrected chi connectivity index (χ0v) is 14.0. The zero-order chi connectivity index (χ0) is 19.3. The molecule has 138 valence electrons. The van der Waals surface area contributed by atoms with E-state index in [1.807, 2.05) is 0 Å². The van der Waals surface area contributed by atoms with Gasteiger partial charge in [-0.25, -0.2) is 9.97 Å². The average molecular weight is 372 g/mol. The number of carbonyl (C=O) groups is 1. The van der Waals surface area contributed by atoms with Gasteiger partial charge in [0.15, 0.2) is 0 Å². The van der Waals surface area contributed by atoms with Crippen molar-refractivity contribution < 1.29 is 18.0 Å². The highest BCUT2D eigenvalue weighted by atomic mass is 19.4. The highest BCUT2D eigenvalue weighted by molar-refractivity contribution is 5.92. The van der Waals surface area contributed by atoms with Gasteiger partial charge in [0.1, 0.15) is 17.3 Å². The van der Waals surface area contributed by atoms with Crippen LogP contribution < -0.4 is 10.6 Å². The number of aromatic nitrogens is 2. The van der Waals surface area contributed by atoms with Gasteiger partial charge in [0.2, 0.25) is 0 Å². The second-order valence-corrected chi connectivity index (χ2v) is 5.63. The summed E-state index contributed by atoms with van der Waals surface area (Å²) in [5.74, 6) is 0.518. The fourth-order valence-electron chi connectivity index (χ4n) is 2.33. The minimum absolute atomic E-state index is 0.0394. The molecular weight excluding hydrogens is 357 g/mol. The lowest BCUT2D eigenvalue weighted by Gasteiger charge is -2.10. The van der Waals surface area contributed by atoms with Crippen LogP contribution in [0.25, 0.3) is 0 Å². The maximum atomic E-state index is 12.7. The maximum absolute atomic E-state index is 12.7. The van der Waals surface area contributed by atoms with Crippen LogP contribution in [0.5, 0.6) is 0 Å². The Kier molecular flexibility index (Phi) is 5.35. The number of anilines is 2. The van der Waals surface area contributed by atoms with E-state index in [1.165, 1.54) is 18.2 Å². The quantitative estimate of drug-likeness (QED) is 0.706. The Hall–Kier alpha value is -3.42. The van der Waals surface area contributed by atoms with Gasteiger partial charge in [0.25, 0.3) is 5.91 Å². The number of hydrogen-bond donors (Lipinski definition) is 2. The SMILES string of the molecule is O=C(NCc1cccc(C(F)(F)F)c1)c1cccc(Nc2ccccn2)n1. The van der Waals surface area contributed by atoms with Crippen molar-refractivity contribution in [3.05, 3.63) is 83.7 Å². The minimum Gasteiger partial charge on any atom is -0.347 e. The summed E-state index contributed by atoms with van der Waals surface area (Å²) in [6.45, 7) is -0.0394. The van der Waals surface area contributed by atoms with E-state index in [0.29, 0.717) is 17.2 Å². The number of benzene rings is 1. The van der Waals surface area contributed by atoms with E-state index in [1.54, 1.807) is 36.5 Å². The first-order chi connectivity index (χ1) is 12.9. The number of alkyl halides is 3. The number of halogens is 3. The van der Waals surface area contributed by atoms with Crippen molar-refractivity contribution in [1.82, 2.24) is 15.3 Å². The third kappa shape index (κ3) is 5.04. The molecule has 0 aliphatic heterocycles. The van der Waals surface area contributed by atoms with Crippen LogP contribution in [0.4, 0.5) is 24.8 Å². The summed E-state index contributed by atoms with van der Waals surface area (Å²) in [5, 5.41) is 5.54. The van der Waals surface area contributed by atoms with Gasteiger partial charge in [-0.15, -0.1) is 0 Å². The van der Waals surface area contributed by atoms with Crippen molar-refractivity contribution in [3.63, 3.8) is 0 Å². The normalized spacial score (nSPS) is 11.1. The Morgan fingerprint density at radius 1 is 0.963 bits per heavy atom. The van der Waals surface area contributed by atoms with Crippen LogP contribution in [0.2, 0.25) is 0 Å². The number of pyridine rings is 2. The summed E-state index contributed by atoms with van der Waals surface area (Å²) in [4.78, 5) is 20.6. The van der Waals surface area contributed by atoms with Gasteiger partial charge in [-0.2, -0.15) is 13.2 Å². The van der Waals surface area contributed by atoms with E-state index in [9.17, 15) is 18.0 Å². The van der Waals surface area contributed by atoms with Crippen molar-refractivity contribution in [3.8, 4) is 0 Å². The molecule has 0 atom stereocenters. The lowest BCUT2D eigenvalue weighted by Crippen LogP contribution is -2.24. The molecule has 0 saturated heterocycles. The van der Waals surface area contributed by atoms with Gasteiger partial charge in [0.05, 0.1) is 5.56 Å². The summed E-state index contributed by atoms with van der Waals surface area (Å²) >= 11 is 0. The number of carbonyl (C=O) groups excluding carboxylic acids is 1. The van der Waals surface area contributed by atoms with Crippen molar-refractivity contribution in [2.45, 2.75) is 12.7 Å². The maximum Gasteiger partial charge on any atom is 0.416 e. The van der Waals surface area contributed by atoms with E-state index in [0.717, 1.165) is 12.1 Å². The van der Waals surface area contributed by atoms with Crippen LogP contribution in [0, 0.1) is 0 Å². The van der Waals surface area contributed by atoms with E-state index in [4.69, 9.17) is 0 Å². The second kappa shape index (κ2) is 7.86. The summed E-state index contributed by atoms with van der Waals surface area (Å²) < 4.78 is 38.2. The number of nitrogens with one attached hydrogen (secondary N) is 2. The van der Waals surface area contributed by atoms with E-state index in [2.05, 4.69) is 20.6 Å². The molecule has 2 heterocycles. The summed E-state index contributed by atoms with van der Waals surface area (Å²) in [6.07, 6.45) is -2.80. The standard InChI is InChI=1S/C19H15F3N4O/c20-19(21,22)14-6-3-5-13(11-14)12-24-18(27)15-7-4-9-17(25-15)26-16-8-1-2-10-23-16/h1-11H,12H2,(H,24,27)(H,23,25,26). The van der Waals surface area contributed by atoms with Gasteiger partial charge in [-0.3, -0.25) is 4.79 Å². The molecule has 0 unspecified atom stereocenters. The van der Waals surface area contributed by atoms with E-state index >= 15 is 0 Å². The van der Waals surface area contributed by atoms with Gasteiger partial charge < -0.3 is 10.6 Å². The van der Waals surface area contributed by atoms with Crippen LogP contribution in [-0.2, 0) is 12.7 Å². The molecule has 3 rings (SSSR count). The highest BCUT2D eigenvalue weighted by Gasteiger charge is 2.30. The number of amides is 1. The Labute approximate surface area is 153 Å².